The number of aromatic nitrogens is 2. The Hall–Kier alpha value is -1.82. The lowest BCUT2D eigenvalue weighted by Gasteiger charge is -2.04. The minimum Gasteiger partial charge on any atom is -0.421 e. The number of hydrogen-bond acceptors (Lipinski definition) is 4. The van der Waals surface area contributed by atoms with Crippen LogP contribution in [0.2, 0.25) is 0 Å². The summed E-state index contributed by atoms with van der Waals surface area (Å²) in [6, 6.07) is 3.87. The lowest BCUT2D eigenvalue weighted by atomic mass is 10.2. The van der Waals surface area contributed by atoms with E-state index in [1.54, 1.807) is 0 Å². The van der Waals surface area contributed by atoms with Gasteiger partial charge in [0, 0.05) is 24.6 Å². The fourth-order valence-corrected chi connectivity index (χ4v) is 1.57. The molecule has 0 unspecified atom stereocenters. The molecule has 102 valence electrons. The Morgan fingerprint density at radius 3 is 2.68 bits per heavy atom. The van der Waals surface area contributed by atoms with Crippen LogP contribution in [0.1, 0.15) is 19.7 Å². The fourth-order valence-electron chi connectivity index (χ4n) is 1.57. The van der Waals surface area contributed by atoms with Gasteiger partial charge in [-0.3, -0.25) is 0 Å². The van der Waals surface area contributed by atoms with E-state index in [1.807, 2.05) is 13.8 Å². The Morgan fingerprint density at radius 2 is 2.00 bits per heavy atom. The van der Waals surface area contributed by atoms with Crippen LogP contribution in [0.15, 0.2) is 22.6 Å². The molecule has 1 heterocycles. The number of nitrogens with zero attached hydrogens (tertiary/aromatic N) is 2. The first-order valence-corrected chi connectivity index (χ1v) is 6.07. The second-order valence-corrected chi connectivity index (χ2v) is 4.49. The third-order valence-corrected chi connectivity index (χ3v) is 2.52. The largest absolute Gasteiger partial charge is 0.421 e. The predicted molar refractivity (Wildman–Crippen MR) is 66.5 cm³/mol. The van der Waals surface area contributed by atoms with Gasteiger partial charge in [0.1, 0.15) is 0 Å². The molecule has 0 aliphatic rings. The molecule has 1 aromatic carbocycles. The van der Waals surface area contributed by atoms with Gasteiger partial charge in [0.25, 0.3) is 0 Å². The predicted octanol–water partition coefficient (Wildman–Crippen LogP) is 2.56. The molecule has 0 spiro atoms. The molecular formula is C13H15F2N3O. The first kappa shape index (κ1) is 13.6. The average molecular weight is 267 g/mol. The molecule has 0 saturated heterocycles. The summed E-state index contributed by atoms with van der Waals surface area (Å²) in [5.41, 5.74) is 0.370. The number of benzene rings is 1. The van der Waals surface area contributed by atoms with Gasteiger partial charge in [-0.2, -0.15) is 0 Å². The molecule has 0 amide bonds. The van der Waals surface area contributed by atoms with E-state index in [9.17, 15) is 8.78 Å². The van der Waals surface area contributed by atoms with Crippen molar-refractivity contribution < 1.29 is 13.2 Å². The monoisotopic (exact) mass is 267 g/mol. The molecule has 1 N–H and O–H groups in total. The highest BCUT2D eigenvalue weighted by Crippen LogP contribution is 2.20. The average Bonchev–Trinajstić information content (AvgIpc) is 2.81. The van der Waals surface area contributed by atoms with Gasteiger partial charge in [-0.15, -0.1) is 10.2 Å². The van der Waals surface area contributed by atoms with Crippen LogP contribution in [-0.2, 0) is 6.42 Å². The van der Waals surface area contributed by atoms with Crippen LogP contribution in [-0.4, -0.2) is 22.8 Å². The molecule has 0 aliphatic carbocycles. The zero-order chi connectivity index (χ0) is 13.8. The molecule has 0 bridgehead atoms. The Labute approximate surface area is 109 Å². The Bertz CT molecular complexity index is 555. The van der Waals surface area contributed by atoms with Crippen molar-refractivity contribution in [2.75, 3.05) is 6.54 Å². The summed E-state index contributed by atoms with van der Waals surface area (Å²) < 4.78 is 31.3. The Balaban J connectivity index is 2.05. The number of rotatable bonds is 5. The summed E-state index contributed by atoms with van der Waals surface area (Å²) in [4.78, 5) is 0. The number of hydrogen-bond donors (Lipinski definition) is 1. The van der Waals surface area contributed by atoms with E-state index >= 15 is 0 Å². The summed E-state index contributed by atoms with van der Waals surface area (Å²) in [6.45, 7) is 4.80. The van der Waals surface area contributed by atoms with Crippen LogP contribution in [0, 0.1) is 11.6 Å². The van der Waals surface area contributed by atoms with Gasteiger partial charge in [-0.25, -0.2) is 8.78 Å². The standard InChI is InChI=1S/C13H15F2N3O/c1-8(2)16-6-5-12-17-18-13(19-12)9-3-4-10(14)11(15)7-9/h3-4,7-8,16H,5-6H2,1-2H3. The van der Waals surface area contributed by atoms with E-state index in [0.29, 0.717) is 23.9 Å². The molecule has 2 rings (SSSR count). The van der Waals surface area contributed by atoms with Crippen LogP contribution in [0.25, 0.3) is 11.5 Å². The van der Waals surface area contributed by atoms with Gasteiger partial charge < -0.3 is 9.73 Å². The molecule has 4 nitrogen and oxygen atoms in total. The zero-order valence-electron chi connectivity index (χ0n) is 10.8. The van der Waals surface area contributed by atoms with Crippen molar-refractivity contribution >= 4 is 0 Å². The second kappa shape index (κ2) is 5.88. The smallest absolute Gasteiger partial charge is 0.247 e. The Morgan fingerprint density at radius 1 is 1.21 bits per heavy atom. The quantitative estimate of drug-likeness (QED) is 0.904. The highest BCUT2D eigenvalue weighted by molar-refractivity contribution is 5.52. The van der Waals surface area contributed by atoms with Crippen LogP contribution < -0.4 is 5.32 Å². The van der Waals surface area contributed by atoms with E-state index in [-0.39, 0.29) is 5.89 Å². The van der Waals surface area contributed by atoms with Gasteiger partial charge in [-0.05, 0) is 18.2 Å². The summed E-state index contributed by atoms with van der Waals surface area (Å²) >= 11 is 0. The lowest BCUT2D eigenvalue weighted by molar-refractivity contribution is 0.482. The molecular weight excluding hydrogens is 252 g/mol. The highest BCUT2D eigenvalue weighted by atomic mass is 19.2. The molecule has 0 saturated carbocycles. The molecule has 0 fully saturated rings. The van der Waals surface area contributed by atoms with Crippen molar-refractivity contribution in [1.29, 1.82) is 0 Å². The van der Waals surface area contributed by atoms with Crippen LogP contribution >= 0.6 is 0 Å². The van der Waals surface area contributed by atoms with Crippen molar-refractivity contribution in [3.8, 4) is 11.5 Å². The topological polar surface area (TPSA) is 51.0 Å². The fraction of sp³-hybridized carbons (Fsp3) is 0.385. The zero-order valence-corrected chi connectivity index (χ0v) is 10.8. The van der Waals surface area contributed by atoms with Gasteiger partial charge in [0.2, 0.25) is 11.8 Å². The molecule has 0 aliphatic heterocycles. The van der Waals surface area contributed by atoms with E-state index < -0.39 is 11.6 Å². The van der Waals surface area contributed by atoms with Crippen molar-refractivity contribution in [3.05, 3.63) is 35.7 Å². The first-order chi connectivity index (χ1) is 9.06. The molecule has 0 radical (unpaired) electrons. The first-order valence-electron chi connectivity index (χ1n) is 6.07. The Kier molecular flexibility index (Phi) is 4.21. The van der Waals surface area contributed by atoms with Crippen molar-refractivity contribution in [2.24, 2.45) is 0 Å². The van der Waals surface area contributed by atoms with E-state index in [1.165, 1.54) is 6.07 Å². The van der Waals surface area contributed by atoms with Gasteiger partial charge in [-0.1, -0.05) is 13.8 Å². The van der Waals surface area contributed by atoms with Gasteiger partial charge in [0.05, 0.1) is 0 Å². The van der Waals surface area contributed by atoms with Gasteiger partial charge in [0.15, 0.2) is 11.6 Å². The summed E-state index contributed by atoms with van der Waals surface area (Å²) in [5, 5.41) is 10.9. The van der Waals surface area contributed by atoms with E-state index in [0.717, 1.165) is 18.7 Å². The normalized spacial score (nSPS) is 11.2. The highest BCUT2D eigenvalue weighted by Gasteiger charge is 2.11. The van der Waals surface area contributed by atoms with E-state index in [2.05, 4.69) is 15.5 Å². The SMILES string of the molecule is CC(C)NCCc1nnc(-c2ccc(F)c(F)c2)o1. The minimum atomic E-state index is -0.932. The van der Waals surface area contributed by atoms with Crippen LogP contribution in [0.5, 0.6) is 0 Å². The summed E-state index contributed by atoms with van der Waals surface area (Å²) in [5.74, 6) is -1.17. The maximum Gasteiger partial charge on any atom is 0.247 e. The molecule has 19 heavy (non-hydrogen) atoms. The van der Waals surface area contributed by atoms with Crippen molar-refractivity contribution in [3.63, 3.8) is 0 Å². The third kappa shape index (κ3) is 3.57. The third-order valence-electron chi connectivity index (χ3n) is 2.52. The van der Waals surface area contributed by atoms with E-state index in [4.69, 9.17) is 4.42 Å². The number of halogens is 2. The van der Waals surface area contributed by atoms with Crippen LogP contribution in [0.4, 0.5) is 8.78 Å². The summed E-state index contributed by atoms with van der Waals surface area (Å²) in [7, 11) is 0. The number of nitrogens with one attached hydrogen (secondary N) is 1. The molecule has 1 aromatic heterocycles. The molecule has 6 heteroatoms. The molecule has 0 atom stereocenters. The minimum absolute atomic E-state index is 0.193. The van der Waals surface area contributed by atoms with Crippen LogP contribution in [0.3, 0.4) is 0 Å². The summed E-state index contributed by atoms with van der Waals surface area (Å²) in [6.07, 6.45) is 0.592. The molecule has 2 aromatic rings. The van der Waals surface area contributed by atoms with Gasteiger partial charge >= 0.3 is 0 Å². The second-order valence-electron chi connectivity index (χ2n) is 4.49. The maximum atomic E-state index is 13.1. The van der Waals surface area contributed by atoms with Crippen molar-refractivity contribution in [1.82, 2.24) is 15.5 Å². The maximum absolute atomic E-state index is 13.1. The lowest BCUT2D eigenvalue weighted by Crippen LogP contribution is -2.25. The van der Waals surface area contributed by atoms with Crippen molar-refractivity contribution in [2.45, 2.75) is 26.3 Å².